The van der Waals surface area contributed by atoms with Crippen LogP contribution in [0.3, 0.4) is 0 Å². The Morgan fingerprint density at radius 2 is 1.91 bits per heavy atom. The molecule has 0 saturated heterocycles. The van der Waals surface area contributed by atoms with Gasteiger partial charge in [-0.2, -0.15) is 0 Å². The number of thioether (sulfide) groups is 1. The van der Waals surface area contributed by atoms with Crippen molar-refractivity contribution in [3.63, 3.8) is 0 Å². The van der Waals surface area contributed by atoms with Crippen LogP contribution in [-0.2, 0) is 4.79 Å². The molecule has 4 nitrogen and oxygen atoms in total. The average molecular weight is 313 g/mol. The van der Waals surface area contributed by atoms with Crippen molar-refractivity contribution < 1.29 is 4.79 Å². The standard InChI is InChI=1S/C17H19N3OS/c1-3-10-20(11-4-2)16(21)13-22-17-18-12-15(19-17)14-8-6-5-7-9-14/h3-9,12H,1-2,10-11,13H2,(H,18,19). The van der Waals surface area contributed by atoms with Gasteiger partial charge in [-0.1, -0.05) is 54.2 Å². The van der Waals surface area contributed by atoms with Crippen molar-refractivity contribution in [1.82, 2.24) is 14.9 Å². The minimum absolute atomic E-state index is 0.0439. The van der Waals surface area contributed by atoms with Crippen molar-refractivity contribution in [1.29, 1.82) is 0 Å². The van der Waals surface area contributed by atoms with Gasteiger partial charge < -0.3 is 9.88 Å². The highest BCUT2D eigenvalue weighted by molar-refractivity contribution is 7.99. The highest BCUT2D eigenvalue weighted by Gasteiger charge is 2.12. The van der Waals surface area contributed by atoms with E-state index in [1.807, 2.05) is 30.3 Å². The van der Waals surface area contributed by atoms with Crippen molar-refractivity contribution in [3.8, 4) is 11.3 Å². The molecule has 0 radical (unpaired) electrons. The maximum atomic E-state index is 12.1. The predicted molar refractivity (Wildman–Crippen MR) is 91.7 cm³/mol. The molecule has 1 aromatic heterocycles. The maximum Gasteiger partial charge on any atom is 0.233 e. The van der Waals surface area contributed by atoms with Crippen molar-refractivity contribution in [2.45, 2.75) is 5.16 Å². The van der Waals surface area contributed by atoms with E-state index in [1.54, 1.807) is 23.2 Å². The molecule has 0 aliphatic carbocycles. The van der Waals surface area contributed by atoms with Gasteiger partial charge in [0.1, 0.15) is 0 Å². The summed E-state index contributed by atoms with van der Waals surface area (Å²) in [5, 5.41) is 0.740. The van der Waals surface area contributed by atoms with Crippen LogP contribution in [0.4, 0.5) is 0 Å². The van der Waals surface area contributed by atoms with Crippen molar-refractivity contribution in [3.05, 3.63) is 61.8 Å². The summed E-state index contributed by atoms with van der Waals surface area (Å²) in [6.07, 6.45) is 5.21. The predicted octanol–water partition coefficient (Wildman–Crippen LogP) is 3.37. The number of benzene rings is 1. The summed E-state index contributed by atoms with van der Waals surface area (Å²) in [5.41, 5.74) is 2.03. The van der Waals surface area contributed by atoms with Crippen LogP contribution >= 0.6 is 11.8 Å². The van der Waals surface area contributed by atoms with Crippen LogP contribution in [0, 0.1) is 0 Å². The summed E-state index contributed by atoms with van der Waals surface area (Å²) >= 11 is 1.40. The first-order valence-electron chi connectivity index (χ1n) is 6.97. The van der Waals surface area contributed by atoms with E-state index in [9.17, 15) is 4.79 Å². The molecule has 0 bridgehead atoms. The summed E-state index contributed by atoms with van der Waals surface area (Å²) in [7, 11) is 0. The highest BCUT2D eigenvalue weighted by atomic mass is 32.2. The van der Waals surface area contributed by atoms with Crippen molar-refractivity contribution in [2.75, 3.05) is 18.8 Å². The summed E-state index contributed by atoms with van der Waals surface area (Å²) in [6, 6.07) is 9.97. The van der Waals surface area contributed by atoms with Gasteiger partial charge >= 0.3 is 0 Å². The van der Waals surface area contributed by atoms with E-state index in [1.165, 1.54) is 11.8 Å². The molecule has 0 aliphatic rings. The molecule has 5 heteroatoms. The van der Waals surface area contributed by atoms with Crippen LogP contribution in [0.1, 0.15) is 0 Å². The van der Waals surface area contributed by atoms with Gasteiger partial charge in [0.15, 0.2) is 5.16 Å². The zero-order chi connectivity index (χ0) is 15.8. The van der Waals surface area contributed by atoms with Crippen LogP contribution in [-0.4, -0.2) is 39.6 Å². The number of nitrogens with one attached hydrogen (secondary N) is 1. The van der Waals surface area contributed by atoms with E-state index >= 15 is 0 Å². The lowest BCUT2D eigenvalue weighted by Crippen LogP contribution is -2.32. The number of hydrogen-bond donors (Lipinski definition) is 1. The number of carbonyl (C=O) groups is 1. The number of rotatable bonds is 8. The minimum atomic E-state index is 0.0439. The number of aromatic amines is 1. The molecule has 0 atom stereocenters. The molecule has 1 aromatic carbocycles. The number of nitrogens with zero attached hydrogens (tertiary/aromatic N) is 2. The number of aromatic nitrogens is 2. The second kappa shape index (κ2) is 8.24. The molecule has 0 spiro atoms. The Morgan fingerprint density at radius 3 is 2.55 bits per heavy atom. The summed E-state index contributed by atoms with van der Waals surface area (Å²) < 4.78 is 0. The summed E-state index contributed by atoms with van der Waals surface area (Å²) in [4.78, 5) is 21.4. The molecule has 2 aromatic rings. The Morgan fingerprint density at radius 1 is 1.23 bits per heavy atom. The molecule has 1 N–H and O–H groups in total. The second-order valence-electron chi connectivity index (χ2n) is 4.63. The Bertz CT molecular complexity index is 626. The smallest absolute Gasteiger partial charge is 0.233 e. The number of imidazole rings is 1. The molecular weight excluding hydrogens is 294 g/mol. The Hall–Kier alpha value is -2.27. The SMILES string of the molecule is C=CCN(CC=C)C(=O)CSc1ncc(-c2ccccc2)[nH]1. The third-order valence-corrected chi connectivity index (χ3v) is 3.89. The lowest BCUT2D eigenvalue weighted by atomic mass is 10.2. The fourth-order valence-corrected chi connectivity index (χ4v) is 2.70. The molecule has 114 valence electrons. The zero-order valence-corrected chi connectivity index (χ0v) is 13.2. The average Bonchev–Trinajstić information content (AvgIpc) is 3.02. The minimum Gasteiger partial charge on any atom is -0.335 e. The zero-order valence-electron chi connectivity index (χ0n) is 12.4. The van der Waals surface area contributed by atoms with E-state index in [2.05, 4.69) is 23.1 Å². The first kappa shape index (κ1) is 16.1. The topological polar surface area (TPSA) is 49.0 Å². The molecule has 0 saturated carbocycles. The number of amides is 1. The van der Waals surface area contributed by atoms with E-state index < -0.39 is 0 Å². The largest absolute Gasteiger partial charge is 0.335 e. The van der Waals surface area contributed by atoms with E-state index in [-0.39, 0.29) is 5.91 Å². The summed E-state index contributed by atoms with van der Waals surface area (Å²) in [6.45, 7) is 8.39. The second-order valence-corrected chi connectivity index (χ2v) is 5.60. The lowest BCUT2D eigenvalue weighted by molar-refractivity contribution is -0.127. The van der Waals surface area contributed by atoms with Crippen molar-refractivity contribution in [2.24, 2.45) is 0 Å². The van der Waals surface area contributed by atoms with E-state index in [0.717, 1.165) is 16.4 Å². The molecule has 22 heavy (non-hydrogen) atoms. The van der Waals surface area contributed by atoms with Crippen LogP contribution in [0.25, 0.3) is 11.3 Å². The first-order valence-corrected chi connectivity index (χ1v) is 7.96. The van der Waals surface area contributed by atoms with Gasteiger partial charge in [-0.05, 0) is 5.56 Å². The van der Waals surface area contributed by atoms with Gasteiger partial charge in [0, 0.05) is 13.1 Å². The third-order valence-electron chi connectivity index (χ3n) is 3.02. The first-order chi connectivity index (χ1) is 10.7. The fourth-order valence-electron chi connectivity index (χ4n) is 1.95. The van der Waals surface area contributed by atoms with Gasteiger partial charge in [0.05, 0.1) is 17.6 Å². The van der Waals surface area contributed by atoms with Crippen LogP contribution < -0.4 is 0 Å². The highest BCUT2D eigenvalue weighted by Crippen LogP contribution is 2.21. The molecule has 2 rings (SSSR count). The Balaban J connectivity index is 1.94. The van der Waals surface area contributed by atoms with Gasteiger partial charge in [0.2, 0.25) is 5.91 Å². The Kier molecular flexibility index (Phi) is 6.03. The summed E-state index contributed by atoms with van der Waals surface area (Å²) in [5.74, 6) is 0.381. The molecule has 0 fully saturated rings. The van der Waals surface area contributed by atoms with Gasteiger partial charge in [-0.3, -0.25) is 4.79 Å². The normalized spacial score (nSPS) is 10.2. The van der Waals surface area contributed by atoms with Crippen LogP contribution in [0.2, 0.25) is 0 Å². The Labute approximate surface area is 135 Å². The van der Waals surface area contributed by atoms with Crippen LogP contribution in [0.15, 0.2) is 67.0 Å². The number of H-pyrrole nitrogens is 1. The molecular formula is C17H19N3OS. The molecule has 1 amide bonds. The molecule has 0 unspecified atom stereocenters. The van der Waals surface area contributed by atoms with E-state index in [0.29, 0.717) is 18.8 Å². The van der Waals surface area contributed by atoms with E-state index in [4.69, 9.17) is 0 Å². The molecule has 1 heterocycles. The monoisotopic (exact) mass is 313 g/mol. The third kappa shape index (κ3) is 4.36. The lowest BCUT2D eigenvalue weighted by Gasteiger charge is -2.18. The number of carbonyl (C=O) groups excluding carboxylic acids is 1. The van der Waals surface area contributed by atoms with Crippen LogP contribution in [0.5, 0.6) is 0 Å². The fraction of sp³-hybridized carbons (Fsp3) is 0.176. The van der Waals surface area contributed by atoms with Gasteiger partial charge in [0.25, 0.3) is 0 Å². The van der Waals surface area contributed by atoms with Crippen molar-refractivity contribution >= 4 is 17.7 Å². The maximum absolute atomic E-state index is 12.1. The van der Waals surface area contributed by atoms with Gasteiger partial charge in [-0.15, -0.1) is 13.2 Å². The quantitative estimate of drug-likeness (QED) is 0.600. The molecule has 0 aliphatic heterocycles. The number of hydrogen-bond acceptors (Lipinski definition) is 3. The van der Waals surface area contributed by atoms with Gasteiger partial charge in [-0.25, -0.2) is 4.98 Å².